The van der Waals surface area contributed by atoms with Crippen LogP contribution in [0.2, 0.25) is 5.02 Å². The zero-order valence-electron chi connectivity index (χ0n) is 11.6. The average Bonchev–Trinajstić information content (AvgIpc) is 3.01. The van der Waals surface area contributed by atoms with E-state index in [-0.39, 0.29) is 10.7 Å². The normalized spacial score (nSPS) is 11.3. The van der Waals surface area contributed by atoms with Gasteiger partial charge in [0.25, 0.3) is 5.91 Å². The van der Waals surface area contributed by atoms with Gasteiger partial charge in [-0.1, -0.05) is 11.6 Å². The SMILES string of the molecule is C[C@@H](OC(=O)c1ccc[nH]1)C(=O)Nc1ccc(C#N)c(Cl)c1. The first-order valence-corrected chi connectivity index (χ1v) is 6.74. The van der Waals surface area contributed by atoms with Crippen LogP contribution in [0, 0.1) is 11.3 Å². The highest BCUT2D eigenvalue weighted by Gasteiger charge is 2.19. The van der Waals surface area contributed by atoms with Crippen molar-refractivity contribution in [3.8, 4) is 6.07 Å². The molecular formula is C15H12ClN3O3. The molecule has 0 spiro atoms. The van der Waals surface area contributed by atoms with Gasteiger partial charge in [-0.2, -0.15) is 5.26 Å². The maximum Gasteiger partial charge on any atom is 0.355 e. The summed E-state index contributed by atoms with van der Waals surface area (Å²) in [5.41, 5.74) is 0.990. The molecule has 0 saturated carbocycles. The van der Waals surface area contributed by atoms with Gasteiger partial charge in [-0.25, -0.2) is 4.79 Å². The molecule has 1 aromatic carbocycles. The molecule has 0 aliphatic rings. The van der Waals surface area contributed by atoms with Gasteiger partial charge in [-0.3, -0.25) is 4.79 Å². The van der Waals surface area contributed by atoms with Crippen molar-refractivity contribution >= 4 is 29.2 Å². The Bertz CT molecular complexity index is 735. The molecule has 2 N–H and O–H groups in total. The molecule has 0 bridgehead atoms. The number of rotatable bonds is 4. The van der Waals surface area contributed by atoms with Crippen LogP contribution in [-0.4, -0.2) is 23.0 Å². The van der Waals surface area contributed by atoms with E-state index in [1.807, 2.05) is 6.07 Å². The van der Waals surface area contributed by atoms with Gasteiger partial charge in [0, 0.05) is 11.9 Å². The number of esters is 1. The van der Waals surface area contributed by atoms with Gasteiger partial charge < -0.3 is 15.0 Å². The molecule has 0 aliphatic heterocycles. The number of hydrogen-bond acceptors (Lipinski definition) is 4. The van der Waals surface area contributed by atoms with Gasteiger partial charge in [0.2, 0.25) is 0 Å². The van der Waals surface area contributed by atoms with E-state index in [0.29, 0.717) is 11.3 Å². The summed E-state index contributed by atoms with van der Waals surface area (Å²) in [6.45, 7) is 1.46. The number of amides is 1. The van der Waals surface area contributed by atoms with E-state index in [2.05, 4.69) is 10.3 Å². The first-order chi connectivity index (χ1) is 10.5. The molecule has 2 rings (SSSR count). The maximum atomic E-state index is 12.0. The highest BCUT2D eigenvalue weighted by Crippen LogP contribution is 2.20. The monoisotopic (exact) mass is 317 g/mol. The van der Waals surface area contributed by atoms with Crippen LogP contribution in [0.15, 0.2) is 36.5 Å². The molecule has 6 nitrogen and oxygen atoms in total. The van der Waals surface area contributed by atoms with Crippen molar-refractivity contribution in [1.82, 2.24) is 4.98 Å². The fourth-order valence-electron chi connectivity index (χ4n) is 1.66. The van der Waals surface area contributed by atoms with Crippen molar-refractivity contribution in [2.45, 2.75) is 13.0 Å². The van der Waals surface area contributed by atoms with Crippen LogP contribution >= 0.6 is 11.6 Å². The Morgan fingerprint density at radius 3 is 2.77 bits per heavy atom. The summed E-state index contributed by atoms with van der Waals surface area (Å²) in [6, 6.07) is 9.62. The highest BCUT2D eigenvalue weighted by atomic mass is 35.5. The zero-order valence-corrected chi connectivity index (χ0v) is 12.3. The lowest BCUT2D eigenvalue weighted by Crippen LogP contribution is -2.30. The topological polar surface area (TPSA) is 95.0 Å². The molecule has 22 heavy (non-hydrogen) atoms. The van der Waals surface area contributed by atoms with Crippen molar-refractivity contribution in [2.75, 3.05) is 5.32 Å². The number of H-pyrrole nitrogens is 1. The summed E-state index contributed by atoms with van der Waals surface area (Å²) in [7, 11) is 0. The third-order valence-electron chi connectivity index (χ3n) is 2.83. The average molecular weight is 318 g/mol. The summed E-state index contributed by atoms with van der Waals surface area (Å²) < 4.78 is 5.04. The summed E-state index contributed by atoms with van der Waals surface area (Å²) >= 11 is 5.88. The molecule has 0 saturated heterocycles. The number of anilines is 1. The minimum Gasteiger partial charge on any atom is -0.448 e. The molecule has 0 fully saturated rings. The number of nitriles is 1. The number of halogens is 1. The maximum absolute atomic E-state index is 12.0. The third-order valence-corrected chi connectivity index (χ3v) is 3.14. The first-order valence-electron chi connectivity index (χ1n) is 6.36. The Labute approximate surface area is 131 Å². The minimum atomic E-state index is -0.981. The van der Waals surface area contributed by atoms with Gasteiger partial charge in [-0.15, -0.1) is 0 Å². The Kier molecular flexibility index (Phi) is 4.81. The standard InChI is InChI=1S/C15H12ClN3O3/c1-9(22-15(21)13-3-2-6-18-13)14(20)19-11-5-4-10(8-17)12(16)7-11/h2-7,9,18H,1H3,(H,19,20)/t9-/m1/s1. The Balaban J connectivity index is 1.98. The van der Waals surface area contributed by atoms with Gasteiger partial charge >= 0.3 is 5.97 Å². The number of aromatic nitrogens is 1. The third kappa shape index (κ3) is 3.65. The zero-order chi connectivity index (χ0) is 16.1. The van der Waals surface area contributed by atoms with Crippen LogP contribution in [0.5, 0.6) is 0 Å². The lowest BCUT2D eigenvalue weighted by Gasteiger charge is -2.13. The second kappa shape index (κ2) is 6.78. The van der Waals surface area contributed by atoms with Crippen LogP contribution in [0.3, 0.4) is 0 Å². The molecule has 1 atom stereocenters. The fraction of sp³-hybridized carbons (Fsp3) is 0.133. The van der Waals surface area contributed by atoms with Gasteiger partial charge in [0.15, 0.2) is 6.10 Å². The predicted molar refractivity (Wildman–Crippen MR) is 80.5 cm³/mol. The number of aromatic amines is 1. The highest BCUT2D eigenvalue weighted by molar-refractivity contribution is 6.32. The van der Waals surface area contributed by atoms with Crippen molar-refractivity contribution < 1.29 is 14.3 Å². The molecule has 7 heteroatoms. The van der Waals surface area contributed by atoms with Crippen molar-refractivity contribution in [2.24, 2.45) is 0 Å². The van der Waals surface area contributed by atoms with Crippen molar-refractivity contribution in [1.29, 1.82) is 5.26 Å². The second-order valence-corrected chi connectivity index (χ2v) is 4.83. The van der Waals surface area contributed by atoms with E-state index in [0.717, 1.165) is 0 Å². The quantitative estimate of drug-likeness (QED) is 0.847. The minimum absolute atomic E-state index is 0.233. The number of hydrogen-bond donors (Lipinski definition) is 2. The van der Waals surface area contributed by atoms with E-state index in [4.69, 9.17) is 21.6 Å². The summed E-state index contributed by atoms with van der Waals surface area (Å²) in [6.07, 6.45) is 0.602. The Morgan fingerprint density at radius 2 is 2.18 bits per heavy atom. The number of nitrogens with zero attached hydrogens (tertiary/aromatic N) is 1. The van der Waals surface area contributed by atoms with Gasteiger partial charge in [0.05, 0.1) is 10.6 Å². The largest absolute Gasteiger partial charge is 0.448 e. The van der Waals surface area contributed by atoms with E-state index in [9.17, 15) is 9.59 Å². The van der Waals surface area contributed by atoms with Crippen LogP contribution in [-0.2, 0) is 9.53 Å². The lowest BCUT2D eigenvalue weighted by molar-refractivity contribution is -0.123. The smallest absolute Gasteiger partial charge is 0.355 e. The van der Waals surface area contributed by atoms with Crippen LogP contribution < -0.4 is 5.32 Å². The predicted octanol–water partition coefficient (Wildman–Crippen LogP) is 2.72. The molecular weight excluding hydrogens is 306 g/mol. The first kappa shape index (κ1) is 15.6. The number of ether oxygens (including phenoxy) is 1. The molecule has 2 aromatic rings. The van der Waals surface area contributed by atoms with E-state index in [1.165, 1.54) is 19.1 Å². The van der Waals surface area contributed by atoms with Crippen molar-refractivity contribution in [3.05, 3.63) is 52.8 Å². The van der Waals surface area contributed by atoms with Crippen LogP contribution in [0.4, 0.5) is 5.69 Å². The number of carbonyl (C=O) groups excluding carboxylic acids is 2. The van der Waals surface area contributed by atoms with Gasteiger partial charge in [-0.05, 0) is 37.3 Å². The van der Waals surface area contributed by atoms with E-state index in [1.54, 1.807) is 24.4 Å². The molecule has 1 amide bonds. The summed E-state index contributed by atoms with van der Waals surface area (Å²) in [5.74, 6) is -1.12. The molecule has 1 heterocycles. The lowest BCUT2D eigenvalue weighted by atomic mass is 10.2. The molecule has 0 aliphatic carbocycles. The summed E-state index contributed by atoms with van der Waals surface area (Å²) in [4.78, 5) is 26.4. The molecule has 1 aromatic heterocycles. The number of carbonyl (C=O) groups is 2. The van der Waals surface area contributed by atoms with Crippen LogP contribution in [0.1, 0.15) is 23.0 Å². The van der Waals surface area contributed by atoms with Gasteiger partial charge in [0.1, 0.15) is 11.8 Å². The second-order valence-electron chi connectivity index (χ2n) is 4.43. The number of benzene rings is 1. The van der Waals surface area contributed by atoms with E-state index < -0.39 is 18.0 Å². The molecule has 0 radical (unpaired) electrons. The fourth-order valence-corrected chi connectivity index (χ4v) is 1.89. The molecule has 0 unspecified atom stereocenters. The Hall–Kier alpha value is -2.78. The number of nitrogens with one attached hydrogen (secondary N) is 2. The molecule has 112 valence electrons. The van der Waals surface area contributed by atoms with Crippen molar-refractivity contribution in [3.63, 3.8) is 0 Å². The van der Waals surface area contributed by atoms with E-state index >= 15 is 0 Å². The van der Waals surface area contributed by atoms with Crippen LogP contribution in [0.25, 0.3) is 0 Å². The Morgan fingerprint density at radius 1 is 1.41 bits per heavy atom. The summed E-state index contributed by atoms with van der Waals surface area (Å²) in [5, 5.41) is 11.6.